The van der Waals surface area contributed by atoms with Gasteiger partial charge in [-0.25, -0.2) is 13.1 Å². The third-order valence-electron chi connectivity index (χ3n) is 4.76. The van der Waals surface area contributed by atoms with Gasteiger partial charge in [-0.1, -0.05) is 48.0 Å². The zero-order valence-electron chi connectivity index (χ0n) is 16.5. The first kappa shape index (κ1) is 19.9. The second-order valence-corrected chi connectivity index (χ2v) is 8.78. The van der Waals surface area contributed by atoms with Crippen molar-refractivity contribution in [2.24, 2.45) is 0 Å². The van der Waals surface area contributed by atoms with Gasteiger partial charge < -0.3 is 0 Å². The maximum atomic E-state index is 12.7. The fourth-order valence-corrected chi connectivity index (χ4v) is 4.14. The van der Waals surface area contributed by atoms with Gasteiger partial charge in [0.2, 0.25) is 10.0 Å². The summed E-state index contributed by atoms with van der Waals surface area (Å²) in [5.41, 5.74) is 5.69. The van der Waals surface area contributed by atoms with Crippen LogP contribution in [-0.4, -0.2) is 18.4 Å². The molecule has 2 heterocycles. The summed E-state index contributed by atoms with van der Waals surface area (Å²) < 4.78 is 28.0. The number of nitrogens with one attached hydrogen (secondary N) is 1. The number of aromatic nitrogens is 2. The third-order valence-corrected chi connectivity index (χ3v) is 6.18. The number of benzene rings is 2. The van der Waals surface area contributed by atoms with Crippen molar-refractivity contribution in [3.05, 3.63) is 103 Å². The van der Waals surface area contributed by atoms with E-state index < -0.39 is 10.0 Å². The van der Waals surface area contributed by atoms with E-state index in [0.29, 0.717) is 0 Å². The molecule has 1 N–H and O–H groups in total. The number of nitrogens with zero attached hydrogens (tertiary/aromatic N) is 2. The zero-order valence-corrected chi connectivity index (χ0v) is 17.3. The topological polar surface area (TPSA) is 72.0 Å². The van der Waals surface area contributed by atoms with Crippen LogP contribution in [0.25, 0.3) is 22.4 Å². The first-order valence-corrected chi connectivity index (χ1v) is 11.0. The van der Waals surface area contributed by atoms with Gasteiger partial charge >= 0.3 is 0 Å². The molecule has 0 atom stereocenters. The van der Waals surface area contributed by atoms with Gasteiger partial charge in [-0.3, -0.25) is 9.97 Å². The van der Waals surface area contributed by atoms with Crippen LogP contribution >= 0.6 is 0 Å². The van der Waals surface area contributed by atoms with E-state index in [9.17, 15) is 8.42 Å². The molecule has 0 saturated carbocycles. The molecule has 0 aliphatic heterocycles. The van der Waals surface area contributed by atoms with Crippen molar-refractivity contribution in [1.82, 2.24) is 14.7 Å². The quantitative estimate of drug-likeness (QED) is 0.500. The van der Waals surface area contributed by atoms with Gasteiger partial charge in [-0.05, 0) is 53.9 Å². The van der Waals surface area contributed by atoms with Crippen molar-refractivity contribution in [1.29, 1.82) is 0 Å². The molecule has 150 valence electrons. The van der Waals surface area contributed by atoms with E-state index in [2.05, 4.69) is 20.8 Å². The van der Waals surface area contributed by atoms with Crippen LogP contribution in [0.3, 0.4) is 0 Å². The van der Waals surface area contributed by atoms with Crippen molar-refractivity contribution in [2.45, 2.75) is 18.4 Å². The van der Waals surface area contributed by atoms with Crippen molar-refractivity contribution < 1.29 is 8.42 Å². The minimum atomic E-state index is -3.62. The monoisotopic (exact) mass is 415 g/mol. The standard InChI is InChI=1S/C24H21N3O2S/c1-18-4-2-5-21(14-18)20-8-10-23(11-9-20)30(28,29)27-16-19-7-12-24(26-15-19)22-6-3-13-25-17-22/h2-15,17,27H,16H2,1H3. The van der Waals surface area contributed by atoms with Gasteiger partial charge in [-0.15, -0.1) is 0 Å². The smallest absolute Gasteiger partial charge is 0.240 e. The number of hydrogen-bond acceptors (Lipinski definition) is 4. The fraction of sp³-hybridized carbons (Fsp3) is 0.0833. The predicted molar refractivity (Wildman–Crippen MR) is 118 cm³/mol. The van der Waals surface area contributed by atoms with Gasteiger partial charge in [-0.2, -0.15) is 0 Å². The first-order chi connectivity index (χ1) is 14.5. The molecule has 5 nitrogen and oxygen atoms in total. The summed E-state index contributed by atoms with van der Waals surface area (Å²) in [6.45, 7) is 2.20. The Morgan fingerprint density at radius 2 is 1.63 bits per heavy atom. The lowest BCUT2D eigenvalue weighted by molar-refractivity contribution is 0.581. The Morgan fingerprint density at radius 1 is 0.833 bits per heavy atom. The minimum Gasteiger partial charge on any atom is -0.264 e. The number of pyridine rings is 2. The molecule has 0 saturated heterocycles. The molecule has 0 radical (unpaired) electrons. The fourth-order valence-electron chi connectivity index (χ4n) is 3.13. The summed E-state index contributed by atoms with van der Waals surface area (Å²) in [6, 6.07) is 22.5. The summed E-state index contributed by atoms with van der Waals surface area (Å²) in [6.07, 6.45) is 5.12. The predicted octanol–water partition coefficient (Wildman–Crippen LogP) is 4.60. The first-order valence-electron chi connectivity index (χ1n) is 9.53. The van der Waals surface area contributed by atoms with Gasteiger partial charge in [0.1, 0.15) is 0 Å². The molecule has 2 aromatic carbocycles. The molecule has 0 fully saturated rings. The molecular formula is C24H21N3O2S. The van der Waals surface area contributed by atoms with E-state index in [-0.39, 0.29) is 11.4 Å². The van der Waals surface area contributed by atoms with Crippen LogP contribution in [-0.2, 0) is 16.6 Å². The third kappa shape index (κ3) is 4.62. The van der Waals surface area contributed by atoms with Crippen LogP contribution in [0.4, 0.5) is 0 Å². The zero-order chi connectivity index (χ0) is 21.0. The van der Waals surface area contributed by atoms with Crippen LogP contribution in [0.2, 0.25) is 0 Å². The lowest BCUT2D eigenvalue weighted by atomic mass is 10.0. The van der Waals surface area contributed by atoms with Gasteiger partial charge in [0.25, 0.3) is 0 Å². The molecule has 0 aliphatic rings. The van der Waals surface area contributed by atoms with Crippen LogP contribution < -0.4 is 4.72 Å². The van der Waals surface area contributed by atoms with Crippen molar-refractivity contribution >= 4 is 10.0 Å². The summed E-state index contributed by atoms with van der Waals surface area (Å²) in [5, 5.41) is 0. The lowest BCUT2D eigenvalue weighted by Gasteiger charge is -2.09. The molecular weight excluding hydrogens is 394 g/mol. The molecule has 2 aromatic heterocycles. The molecule has 4 rings (SSSR count). The molecule has 4 aromatic rings. The molecule has 0 amide bonds. The Bertz CT molecular complexity index is 1240. The van der Waals surface area contributed by atoms with Crippen LogP contribution in [0.5, 0.6) is 0 Å². The highest BCUT2D eigenvalue weighted by atomic mass is 32.2. The molecule has 0 aliphatic carbocycles. The van der Waals surface area contributed by atoms with E-state index in [0.717, 1.165) is 33.5 Å². The average molecular weight is 416 g/mol. The van der Waals surface area contributed by atoms with E-state index in [4.69, 9.17) is 0 Å². The Morgan fingerprint density at radius 3 is 2.30 bits per heavy atom. The summed E-state index contributed by atoms with van der Waals surface area (Å²) >= 11 is 0. The van der Waals surface area contributed by atoms with Crippen molar-refractivity contribution in [3.8, 4) is 22.4 Å². The van der Waals surface area contributed by atoms with E-state index in [1.807, 2.05) is 61.5 Å². The van der Waals surface area contributed by atoms with Crippen LogP contribution in [0.15, 0.2) is 96.3 Å². The Kier molecular flexibility index (Phi) is 5.70. The number of sulfonamides is 1. The molecule has 0 unspecified atom stereocenters. The van der Waals surface area contributed by atoms with Crippen molar-refractivity contribution in [3.63, 3.8) is 0 Å². The molecule has 0 bridgehead atoms. The summed E-state index contributed by atoms with van der Waals surface area (Å²) in [5.74, 6) is 0. The number of hydrogen-bond donors (Lipinski definition) is 1. The molecule has 6 heteroatoms. The Labute approximate surface area is 176 Å². The number of rotatable bonds is 6. The van der Waals surface area contributed by atoms with E-state index >= 15 is 0 Å². The molecule has 30 heavy (non-hydrogen) atoms. The second kappa shape index (κ2) is 8.57. The highest BCUT2D eigenvalue weighted by Crippen LogP contribution is 2.22. The minimum absolute atomic E-state index is 0.169. The van der Waals surface area contributed by atoms with Gasteiger partial charge in [0.15, 0.2) is 0 Å². The highest BCUT2D eigenvalue weighted by molar-refractivity contribution is 7.89. The maximum Gasteiger partial charge on any atom is 0.240 e. The Balaban J connectivity index is 1.44. The van der Waals surface area contributed by atoms with Gasteiger partial charge in [0, 0.05) is 30.7 Å². The summed E-state index contributed by atoms with van der Waals surface area (Å²) in [7, 11) is -3.62. The Hall–Kier alpha value is -3.35. The SMILES string of the molecule is Cc1cccc(-c2ccc(S(=O)(=O)NCc3ccc(-c4cccnc4)nc3)cc2)c1. The van der Waals surface area contributed by atoms with E-state index in [1.54, 1.807) is 30.7 Å². The van der Waals surface area contributed by atoms with Crippen LogP contribution in [0, 0.1) is 6.92 Å². The second-order valence-electron chi connectivity index (χ2n) is 7.01. The van der Waals surface area contributed by atoms with Gasteiger partial charge in [0.05, 0.1) is 10.6 Å². The average Bonchev–Trinajstić information content (AvgIpc) is 2.79. The largest absolute Gasteiger partial charge is 0.264 e. The van der Waals surface area contributed by atoms with E-state index in [1.165, 1.54) is 0 Å². The summed E-state index contributed by atoms with van der Waals surface area (Å²) in [4.78, 5) is 8.72. The van der Waals surface area contributed by atoms with Crippen LogP contribution in [0.1, 0.15) is 11.1 Å². The lowest BCUT2D eigenvalue weighted by Crippen LogP contribution is -2.23. The molecule has 0 spiro atoms. The highest BCUT2D eigenvalue weighted by Gasteiger charge is 2.14. The number of aryl methyl sites for hydroxylation is 1. The maximum absolute atomic E-state index is 12.7. The normalized spacial score (nSPS) is 11.4. The van der Waals surface area contributed by atoms with Crippen molar-refractivity contribution in [2.75, 3.05) is 0 Å².